The number of hydrogen-bond acceptors (Lipinski definition) is 2. The molecule has 0 radical (unpaired) electrons. The Morgan fingerprint density at radius 3 is 1.62 bits per heavy atom. The van der Waals surface area contributed by atoms with Crippen molar-refractivity contribution in [3.63, 3.8) is 0 Å². The molecule has 32 heavy (non-hydrogen) atoms. The second kappa shape index (κ2) is 18.0. The Hall–Kier alpha value is -1.44. The van der Waals surface area contributed by atoms with Crippen molar-refractivity contribution < 1.29 is 0 Å². The van der Waals surface area contributed by atoms with Crippen LogP contribution in [0.2, 0.25) is 0 Å². The summed E-state index contributed by atoms with van der Waals surface area (Å²) in [6.07, 6.45) is 30.3. The van der Waals surface area contributed by atoms with Crippen LogP contribution in [0.4, 0.5) is 5.69 Å². The molecule has 0 spiro atoms. The van der Waals surface area contributed by atoms with E-state index in [-0.39, 0.29) is 0 Å². The fourth-order valence-electron chi connectivity index (χ4n) is 4.97. The minimum atomic E-state index is 0.506. The summed E-state index contributed by atoms with van der Waals surface area (Å²) in [5, 5.41) is 0. The van der Waals surface area contributed by atoms with Crippen molar-refractivity contribution in [1.82, 2.24) is 4.90 Å². The van der Waals surface area contributed by atoms with Crippen LogP contribution in [-0.2, 0) is 0 Å². The van der Waals surface area contributed by atoms with Crippen LogP contribution in [0.3, 0.4) is 0 Å². The van der Waals surface area contributed by atoms with Crippen LogP contribution in [0, 0.1) is 0 Å². The van der Waals surface area contributed by atoms with Gasteiger partial charge < -0.3 is 9.80 Å². The topological polar surface area (TPSA) is 6.48 Å². The zero-order chi connectivity index (χ0) is 22.7. The molecule has 1 aliphatic rings. The van der Waals surface area contributed by atoms with Crippen molar-refractivity contribution in [3.05, 3.63) is 42.7 Å². The number of benzene rings is 1. The molecule has 1 aliphatic heterocycles. The first kappa shape index (κ1) is 26.8. The van der Waals surface area contributed by atoms with E-state index >= 15 is 0 Å². The quantitative estimate of drug-likeness (QED) is 0.186. The Balaban J connectivity index is 1.67. The van der Waals surface area contributed by atoms with Gasteiger partial charge in [0.25, 0.3) is 0 Å². The third kappa shape index (κ3) is 10.9. The Morgan fingerprint density at radius 2 is 1.06 bits per heavy atom. The highest BCUT2D eigenvalue weighted by molar-refractivity contribution is 5.51. The van der Waals surface area contributed by atoms with Gasteiger partial charge in [-0.2, -0.15) is 0 Å². The molecule has 1 unspecified atom stereocenters. The number of rotatable bonds is 20. The van der Waals surface area contributed by atoms with Crippen LogP contribution in [0.15, 0.2) is 42.7 Å². The van der Waals surface area contributed by atoms with E-state index < -0.39 is 0 Å². The second-order valence-corrected chi connectivity index (χ2v) is 9.85. The van der Waals surface area contributed by atoms with Gasteiger partial charge >= 0.3 is 0 Å². The molecular weight excluding hydrogens is 388 g/mol. The van der Waals surface area contributed by atoms with Gasteiger partial charge in [-0.05, 0) is 31.4 Å². The first-order valence-corrected chi connectivity index (χ1v) is 14.1. The third-order valence-corrected chi connectivity index (χ3v) is 7.01. The van der Waals surface area contributed by atoms with Crippen molar-refractivity contribution >= 4 is 5.69 Å². The van der Waals surface area contributed by atoms with Crippen LogP contribution in [-0.4, -0.2) is 17.6 Å². The van der Waals surface area contributed by atoms with Gasteiger partial charge in [-0.1, -0.05) is 128 Å². The van der Waals surface area contributed by atoms with E-state index in [9.17, 15) is 0 Å². The highest BCUT2D eigenvalue weighted by Crippen LogP contribution is 2.28. The molecule has 0 aromatic heterocycles. The summed E-state index contributed by atoms with van der Waals surface area (Å²) in [6, 6.07) is 11.0. The molecule has 1 aromatic rings. The van der Waals surface area contributed by atoms with Gasteiger partial charge in [0.05, 0.1) is 0 Å². The number of para-hydroxylation sites is 1. The van der Waals surface area contributed by atoms with Crippen molar-refractivity contribution in [2.24, 2.45) is 0 Å². The SMILES string of the molecule is CCCCCCCCCCCCN1C=CN(c2ccccc2)C1CCCCCCCCC. The largest absolute Gasteiger partial charge is 0.356 e. The van der Waals surface area contributed by atoms with Crippen LogP contribution in [0.1, 0.15) is 129 Å². The Kier molecular flexibility index (Phi) is 15.1. The van der Waals surface area contributed by atoms with Crippen molar-refractivity contribution in [2.75, 3.05) is 11.4 Å². The molecule has 1 heterocycles. The van der Waals surface area contributed by atoms with Gasteiger partial charge in [-0.3, -0.25) is 0 Å². The molecule has 0 bridgehead atoms. The van der Waals surface area contributed by atoms with Gasteiger partial charge in [-0.25, -0.2) is 0 Å². The van der Waals surface area contributed by atoms with E-state index in [4.69, 9.17) is 0 Å². The lowest BCUT2D eigenvalue weighted by molar-refractivity contribution is 0.273. The van der Waals surface area contributed by atoms with Crippen molar-refractivity contribution in [3.8, 4) is 0 Å². The van der Waals surface area contributed by atoms with E-state index in [1.807, 2.05) is 0 Å². The Bertz CT molecular complexity index is 567. The third-order valence-electron chi connectivity index (χ3n) is 7.01. The lowest BCUT2D eigenvalue weighted by Crippen LogP contribution is -2.39. The molecule has 1 aromatic carbocycles. The zero-order valence-corrected chi connectivity index (χ0v) is 21.4. The minimum absolute atomic E-state index is 0.506. The van der Waals surface area contributed by atoms with Gasteiger partial charge in [0.15, 0.2) is 0 Å². The maximum atomic E-state index is 2.62. The van der Waals surface area contributed by atoms with Crippen LogP contribution in [0.5, 0.6) is 0 Å². The molecule has 0 saturated carbocycles. The predicted octanol–water partition coefficient (Wildman–Crippen LogP) is 9.67. The summed E-state index contributed by atoms with van der Waals surface area (Å²) >= 11 is 0. The second-order valence-electron chi connectivity index (χ2n) is 9.85. The summed E-state index contributed by atoms with van der Waals surface area (Å²) in [5.74, 6) is 0. The van der Waals surface area contributed by atoms with Gasteiger partial charge in [0, 0.05) is 24.6 Å². The summed E-state index contributed by atoms with van der Waals surface area (Å²) in [4.78, 5) is 5.13. The molecule has 1 atom stereocenters. The average Bonchev–Trinajstić information content (AvgIpc) is 3.23. The van der Waals surface area contributed by atoms with Crippen LogP contribution in [0.25, 0.3) is 0 Å². The smallest absolute Gasteiger partial charge is 0.105 e. The van der Waals surface area contributed by atoms with Gasteiger partial charge in [0.2, 0.25) is 0 Å². The van der Waals surface area contributed by atoms with Crippen LogP contribution >= 0.6 is 0 Å². The normalized spacial score (nSPS) is 15.8. The average molecular weight is 441 g/mol. The summed E-state index contributed by atoms with van der Waals surface area (Å²) in [6.45, 7) is 5.81. The molecule has 0 fully saturated rings. The number of unbranched alkanes of at least 4 members (excludes halogenated alkanes) is 15. The minimum Gasteiger partial charge on any atom is -0.356 e. The molecule has 0 aliphatic carbocycles. The first-order valence-electron chi connectivity index (χ1n) is 14.1. The highest BCUT2D eigenvalue weighted by atomic mass is 15.4. The molecule has 0 saturated heterocycles. The molecule has 2 nitrogen and oxygen atoms in total. The first-order chi connectivity index (χ1) is 15.9. The molecule has 2 heteroatoms. The Morgan fingerprint density at radius 1 is 0.562 bits per heavy atom. The van der Waals surface area contributed by atoms with Crippen molar-refractivity contribution in [1.29, 1.82) is 0 Å². The number of nitrogens with zero attached hydrogens (tertiary/aromatic N) is 2. The maximum absolute atomic E-state index is 2.62. The predicted molar refractivity (Wildman–Crippen MR) is 143 cm³/mol. The fourth-order valence-corrected chi connectivity index (χ4v) is 4.97. The van der Waals surface area contributed by atoms with E-state index in [1.165, 1.54) is 128 Å². The van der Waals surface area contributed by atoms with E-state index in [2.05, 4.69) is 66.4 Å². The highest BCUT2D eigenvalue weighted by Gasteiger charge is 2.26. The molecule has 182 valence electrons. The van der Waals surface area contributed by atoms with E-state index in [1.54, 1.807) is 0 Å². The molecule has 0 amide bonds. The van der Waals surface area contributed by atoms with Crippen LogP contribution < -0.4 is 4.90 Å². The van der Waals surface area contributed by atoms with Gasteiger partial charge in [-0.15, -0.1) is 0 Å². The summed E-state index contributed by atoms with van der Waals surface area (Å²) in [5.41, 5.74) is 1.34. The molecular formula is C30H52N2. The van der Waals surface area contributed by atoms with E-state index in [0.29, 0.717) is 6.17 Å². The standard InChI is InChI=1S/C30H52N2/c1-3-5-7-9-11-12-13-15-17-22-26-31-27-28-32(29-23-19-18-20-24-29)30(31)25-21-16-14-10-8-6-4-2/h18-20,23-24,27-28,30H,3-17,21-22,25-26H2,1-2H3. The van der Waals surface area contributed by atoms with E-state index in [0.717, 1.165) is 0 Å². The molecule has 2 rings (SSSR count). The lowest BCUT2D eigenvalue weighted by Gasteiger charge is -2.33. The Labute approximate surface area is 200 Å². The zero-order valence-electron chi connectivity index (χ0n) is 21.4. The molecule has 0 N–H and O–H groups in total. The monoisotopic (exact) mass is 440 g/mol. The van der Waals surface area contributed by atoms with Crippen molar-refractivity contribution in [2.45, 2.75) is 136 Å². The maximum Gasteiger partial charge on any atom is 0.105 e. The number of hydrogen-bond donors (Lipinski definition) is 0. The fraction of sp³-hybridized carbons (Fsp3) is 0.733. The lowest BCUT2D eigenvalue weighted by atomic mass is 10.1. The van der Waals surface area contributed by atoms with Gasteiger partial charge in [0.1, 0.15) is 6.17 Å². The number of anilines is 1. The summed E-state index contributed by atoms with van der Waals surface area (Å²) < 4.78 is 0. The summed E-state index contributed by atoms with van der Waals surface area (Å²) in [7, 11) is 0.